The summed E-state index contributed by atoms with van der Waals surface area (Å²) in [6.07, 6.45) is 0. The quantitative estimate of drug-likeness (QED) is 0.372. The summed E-state index contributed by atoms with van der Waals surface area (Å²) in [4.78, 5) is 23.7. The van der Waals surface area contributed by atoms with Crippen LogP contribution in [0.3, 0.4) is 0 Å². The summed E-state index contributed by atoms with van der Waals surface area (Å²) in [5.74, 6) is 4.58. The van der Waals surface area contributed by atoms with Crippen LogP contribution in [0.15, 0.2) is 46.9 Å². The molecule has 0 atom stereocenters. The van der Waals surface area contributed by atoms with Crippen LogP contribution < -0.4 is 21.9 Å². The van der Waals surface area contributed by atoms with Crippen LogP contribution in [0, 0.1) is 0 Å². The zero-order valence-electron chi connectivity index (χ0n) is 11.2. The Bertz CT molecular complexity index is 724. The molecule has 0 unspecified atom stereocenters. The van der Waals surface area contributed by atoms with Gasteiger partial charge in [0.1, 0.15) is 0 Å². The Morgan fingerprint density at radius 2 is 1.86 bits per heavy atom. The predicted octanol–water partition coefficient (Wildman–Crippen LogP) is 3.35. The van der Waals surface area contributed by atoms with E-state index in [0.29, 0.717) is 10.7 Å². The summed E-state index contributed by atoms with van der Waals surface area (Å²) in [6.45, 7) is 0. The topological polar surface area (TPSA) is 96.2 Å². The predicted molar refractivity (Wildman–Crippen MR) is 89.9 cm³/mol. The number of hydrogen-bond acceptors (Lipinski definition) is 3. The molecule has 2 aromatic carbocycles. The summed E-state index contributed by atoms with van der Waals surface area (Å²) < 4.78 is 0.830. The Balaban J connectivity index is 2.17. The molecule has 3 amide bonds. The third-order valence-electron chi connectivity index (χ3n) is 2.69. The molecule has 114 valence electrons. The molecule has 0 radical (unpaired) electrons. The maximum atomic E-state index is 12.0. The number of benzene rings is 2. The van der Waals surface area contributed by atoms with E-state index < -0.39 is 11.9 Å². The molecule has 2 rings (SSSR count). The molecule has 0 aliphatic carbocycles. The number of nitrogens with one attached hydrogen (secondary N) is 3. The van der Waals surface area contributed by atoms with Crippen molar-refractivity contribution in [2.45, 2.75) is 0 Å². The highest BCUT2D eigenvalue weighted by molar-refractivity contribution is 9.10. The minimum Gasteiger partial charge on any atom is -0.308 e. The van der Waals surface area contributed by atoms with Gasteiger partial charge in [0.15, 0.2) is 0 Å². The van der Waals surface area contributed by atoms with E-state index in [1.54, 1.807) is 18.2 Å². The van der Waals surface area contributed by atoms with Gasteiger partial charge in [0.05, 0.1) is 11.3 Å². The normalized spacial score (nSPS) is 9.95. The Labute approximate surface area is 140 Å². The molecule has 0 fully saturated rings. The van der Waals surface area contributed by atoms with Crippen molar-refractivity contribution < 1.29 is 9.59 Å². The van der Waals surface area contributed by atoms with Crippen molar-refractivity contribution in [3.8, 4) is 0 Å². The molecular formula is C14H12BrClN4O2. The van der Waals surface area contributed by atoms with Gasteiger partial charge in [-0.15, -0.1) is 0 Å². The SMILES string of the molecule is NNC(=O)c1ccc(Cl)cc1NC(=O)Nc1cccc(Br)c1. The van der Waals surface area contributed by atoms with E-state index in [1.165, 1.54) is 18.2 Å². The lowest BCUT2D eigenvalue weighted by Crippen LogP contribution is -2.31. The van der Waals surface area contributed by atoms with Crippen LogP contribution in [-0.4, -0.2) is 11.9 Å². The smallest absolute Gasteiger partial charge is 0.308 e. The minimum absolute atomic E-state index is 0.205. The van der Waals surface area contributed by atoms with Crippen molar-refractivity contribution >= 4 is 50.8 Å². The number of amides is 3. The zero-order chi connectivity index (χ0) is 16.1. The van der Waals surface area contributed by atoms with Crippen molar-refractivity contribution in [3.63, 3.8) is 0 Å². The van der Waals surface area contributed by atoms with Crippen molar-refractivity contribution in [3.05, 3.63) is 57.5 Å². The van der Waals surface area contributed by atoms with Gasteiger partial charge in [0.25, 0.3) is 5.91 Å². The van der Waals surface area contributed by atoms with Gasteiger partial charge in [-0.2, -0.15) is 0 Å². The van der Waals surface area contributed by atoms with Crippen LogP contribution in [0.1, 0.15) is 10.4 Å². The molecule has 0 spiro atoms. The Morgan fingerprint density at radius 1 is 1.09 bits per heavy atom. The van der Waals surface area contributed by atoms with E-state index in [1.807, 2.05) is 11.5 Å². The third-order valence-corrected chi connectivity index (χ3v) is 3.42. The summed E-state index contributed by atoms with van der Waals surface area (Å²) >= 11 is 9.20. The fourth-order valence-corrected chi connectivity index (χ4v) is 2.32. The molecule has 0 saturated carbocycles. The van der Waals surface area contributed by atoms with Gasteiger partial charge < -0.3 is 10.6 Å². The van der Waals surface area contributed by atoms with Crippen LogP contribution in [0.25, 0.3) is 0 Å². The van der Waals surface area contributed by atoms with Gasteiger partial charge >= 0.3 is 6.03 Å². The molecule has 22 heavy (non-hydrogen) atoms. The first-order valence-corrected chi connectivity index (χ1v) is 7.31. The molecule has 0 aliphatic rings. The Morgan fingerprint density at radius 3 is 2.55 bits per heavy atom. The molecule has 6 nitrogen and oxygen atoms in total. The fraction of sp³-hybridized carbons (Fsp3) is 0. The van der Waals surface area contributed by atoms with Gasteiger partial charge in [-0.1, -0.05) is 33.6 Å². The standard InChI is InChI=1S/C14H12BrClN4O2/c15-8-2-1-3-10(6-8)18-14(22)19-12-7-9(16)4-5-11(12)13(21)20-17/h1-7H,17H2,(H,20,21)(H2,18,19,22). The first kappa shape index (κ1) is 16.3. The first-order chi connectivity index (χ1) is 10.5. The lowest BCUT2D eigenvalue weighted by molar-refractivity contribution is 0.0954. The summed E-state index contributed by atoms with van der Waals surface area (Å²) in [6, 6.07) is 11.1. The minimum atomic E-state index is -0.533. The van der Waals surface area contributed by atoms with E-state index in [4.69, 9.17) is 17.4 Å². The van der Waals surface area contributed by atoms with Crippen LogP contribution >= 0.6 is 27.5 Å². The van der Waals surface area contributed by atoms with E-state index in [9.17, 15) is 9.59 Å². The number of nitrogens with two attached hydrogens (primary N) is 1. The molecular weight excluding hydrogens is 372 g/mol. The van der Waals surface area contributed by atoms with Gasteiger partial charge in [0, 0.05) is 15.2 Å². The van der Waals surface area contributed by atoms with Gasteiger partial charge in [-0.3, -0.25) is 10.2 Å². The van der Waals surface area contributed by atoms with Crippen LogP contribution in [0.4, 0.5) is 16.2 Å². The highest BCUT2D eigenvalue weighted by atomic mass is 79.9. The van der Waals surface area contributed by atoms with Gasteiger partial charge in [0.2, 0.25) is 0 Å². The monoisotopic (exact) mass is 382 g/mol. The number of urea groups is 1. The van der Waals surface area contributed by atoms with Crippen LogP contribution in [0.2, 0.25) is 5.02 Å². The summed E-state index contributed by atoms with van der Waals surface area (Å²) in [7, 11) is 0. The van der Waals surface area contributed by atoms with E-state index in [0.717, 1.165) is 4.47 Å². The number of rotatable bonds is 3. The molecule has 2 aromatic rings. The fourth-order valence-electron chi connectivity index (χ4n) is 1.75. The number of halogens is 2. The van der Waals surface area contributed by atoms with Crippen molar-refractivity contribution in [1.29, 1.82) is 0 Å². The molecule has 5 N–H and O–H groups in total. The van der Waals surface area contributed by atoms with Gasteiger partial charge in [-0.05, 0) is 36.4 Å². The van der Waals surface area contributed by atoms with Crippen LogP contribution in [0.5, 0.6) is 0 Å². The summed E-state index contributed by atoms with van der Waals surface area (Å²) in [5.41, 5.74) is 3.07. The number of nitrogen functional groups attached to an aromatic ring is 1. The number of hydrogen-bond donors (Lipinski definition) is 4. The molecule has 0 bridgehead atoms. The lowest BCUT2D eigenvalue weighted by Gasteiger charge is -2.12. The summed E-state index contributed by atoms with van der Waals surface area (Å²) in [5, 5.41) is 5.60. The maximum absolute atomic E-state index is 12.0. The average molecular weight is 384 g/mol. The molecule has 0 saturated heterocycles. The second-order valence-electron chi connectivity index (χ2n) is 4.25. The van der Waals surface area contributed by atoms with Crippen LogP contribution in [-0.2, 0) is 0 Å². The van der Waals surface area contributed by atoms with E-state index in [2.05, 4.69) is 26.6 Å². The number of carbonyl (C=O) groups excluding carboxylic acids is 2. The highest BCUT2D eigenvalue weighted by Crippen LogP contribution is 2.22. The molecule has 0 aliphatic heterocycles. The maximum Gasteiger partial charge on any atom is 0.323 e. The first-order valence-electron chi connectivity index (χ1n) is 6.13. The molecule has 8 heteroatoms. The second kappa shape index (κ2) is 7.26. The average Bonchev–Trinajstić information content (AvgIpc) is 2.46. The third kappa shape index (κ3) is 4.20. The van der Waals surface area contributed by atoms with Crippen molar-refractivity contribution in [2.24, 2.45) is 5.84 Å². The van der Waals surface area contributed by atoms with Crippen molar-refractivity contribution in [2.75, 3.05) is 10.6 Å². The molecule has 0 heterocycles. The zero-order valence-corrected chi connectivity index (χ0v) is 13.5. The Hall–Kier alpha value is -2.09. The van der Waals surface area contributed by atoms with E-state index in [-0.39, 0.29) is 11.3 Å². The molecule has 0 aromatic heterocycles. The Kier molecular flexibility index (Phi) is 5.37. The number of carbonyl (C=O) groups is 2. The lowest BCUT2D eigenvalue weighted by atomic mass is 10.1. The van der Waals surface area contributed by atoms with Crippen molar-refractivity contribution in [1.82, 2.24) is 5.43 Å². The largest absolute Gasteiger partial charge is 0.323 e. The van der Waals surface area contributed by atoms with Gasteiger partial charge in [-0.25, -0.2) is 10.6 Å². The highest BCUT2D eigenvalue weighted by Gasteiger charge is 2.13. The second-order valence-corrected chi connectivity index (χ2v) is 5.60. The number of anilines is 2. The number of hydrazine groups is 1. The van der Waals surface area contributed by atoms with E-state index >= 15 is 0 Å².